The van der Waals surface area contributed by atoms with Gasteiger partial charge in [-0.05, 0) is 35.9 Å². The van der Waals surface area contributed by atoms with Gasteiger partial charge in [-0.25, -0.2) is 0 Å². The van der Waals surface area contributed by atoms with E-state index in [9.17, 15) is 13.6 Å². The van der Waals surface area contributed by atoms with Crippen molar-refractivity contribution in [3.05, 3.63) is 51.5 Å². The van der Waals surface area contributed by atoms with Crippen molar-refractivity contribution in [3.8, 4) is 17.2 Å². The fraction of sp³-hybridized carbons (Fsp3) is 0.235. The molecule has 0 spiro atoms. The van der Waals surface area contributed by atoms with Gasteiger partial charge in [0.1, 0.15) is 5.75 Å². The Labute approximate surface area is 162 Å². The highest BCUT2D eigenvalue weighted by Crippen LogP contribution is 2.29. The molecule has 140 valence electrons. The van der Waals surface area contributed by atoms with Crippen molar-refractivity contribution in [2.24, 2.45) is 0 Å². The van der Waals surface area contributed by atoms with Crippen molar-refractivity contribution in [1.82, 2.24) is 5.32 Å². The van der Waals surface area contributed by atoms with E-state index in [0.717, 1.165) is 4.47 Å². The Bertz CT molecular complexity index is 776. The number of carbonyl (C=O) groups is 1. The highest BCUT2D eigenvalue weighted by Gasteiger charge is 2.12. The summed E-state index contributed by atoms with van der Waals surface area (Å²) in [5.41, 5.74) is 0.651. The number of nitrogens with one attached hydrogen (secondary N) is 1. The second-order valence-electron chi connectivity index (χ2n) is 5.00. The molecule has 1 N–H and O–H groups in total. The summed E-state index contributed by atoms with van der Waals surface area (Å²) >= 11 is 9.28. The van der Waals surface area contributed by atoms with Gasteiger partial charge in [-0.1, -0.05) is 33.6 Å². The quantitative estimate of drug-likeness (QED) is 0.647. The first-order valence-corrected chi connectivity index (χ1v) is 8.52. The Hall–Kier alpha value is -2.06. The fourth-order valence-electron chi connectivity index (χ4n) is 2.00. The van der Waals surface area contributed by atoms with Crippen molar-refractivity contribution in [2.45, 2.75) is 13.2 Å². The van der Waals surface area contributed by atoms with Crippen molar-refractivity contribution >= 4 is 33.4 Å². The van der Waals surface area contributed by atoms with E-state index in [0.29, 0.717) is 16.3 Å². The SMILES string of the molecule is COc1cc(CNC(=O)COc2ccc(Br)cc2Cl)ccc1OC(F)F. The summed E-state index contributed by atoms with van der Waals surface area (Å²) in [6, 6.07) is 9.45. The Balaban J connectivity index is 1.88. The van der Waals surface area contributed by atoms with Crippen LogP contribution in [-0.2, 0) is 11.3 Å². The molecule has 0 saturated heterocycles. The number of alkyl halides is 2. The number of carbonyl (C=O) groups excluding carboxylic acids is 1. The summed E-state index contributed by atoms with van der Waals surface area (Å²) in [5, 5.41) is 3.03. The van der Waals surface area contributed by atoms with Crippen molar-refractivity contribution < 1.29 is 27.8 Å². The van der Waals surface area contributed by atoms with E-state index in [2.05, 4.69) is 26.0 Å². The van der Waals surface area contributed by atoms with Gasteiger partial charge < -0.3 is 19.5 Å². The molecule has 0 aliphatic rings. The molecular weight excluding hydrogens is 436 g/mol. The minimum atomic E-state index is -2.95. The number of ether oxygens (including phenoxy) is 3. The van der Waals surface area contributed by atoms with Gasteiger partial charge in [-0.3, -0.25) is 4.79 Å². The monoisotopic (exact) mass is 449 g/mol. The van der Waals surface area contributed by atoms with Crippen molar-refractivity contribution in [2.75, 3.05) is 13.7 Å². The Kier molecular flexibility index (Phi) is 7.47. The highest BCUT2D eigenvalue weighted by molar-refractivity contribution is 9.10. The number of methoxy groups -OCH3 is 1. The van der Waals surface area contributed by atoms with Crippen LogP contribution >= 0.6 is 27.5 Å². The van der Waals surface area contributed by atoms with Crippen LogP contribution in [0.4, 0.5) is 8.78 Å². The predicted octanol–water partition coefficient (Wildman–Crippen LogP) is 4.41. The topological polar surface area (TPSA) is 56.8 Å². The molecule has 0 saturated carbocycles. The largest absolute Gasteiger partial charge is 0.493 e. The fourth-order valence-corrected chi connectivity index (χ4v) is 2.73. The van der Waals surface area contributed by atoms with Crippen LogP contribution in [0.25, 0.3) is 0 Å². The van der Waals surface area contributed by atoms with E-state index < -0.39 is 6.61 Å². The van der Waals surface area contributed by atoms with Crippen LogP contribution in [0.2, 0.25) is 5.02 Å². The lowest BCUT2D eigenvalue weighted by Crippen LogP contribution is -2.28. The molecule has 0 aliphatic carbocycles. The Morgan fingerprint density at radius 3 is 2.58 bits per heavy atom. The van der Waals surface area contributed by atoms with Gasteiger partial charge in [0.25, 0.3) is 5.91 Å². The molecule has 0 radical (unpaired) electrons. The van der Waals surface area contributed by atoms with E-state index in [1.165, 1.54) is 19.2 Å². The summed E-state index contributed by atoms with van der Waals surface area (Å²) in [6.07, 6.45) is 0. The highest BCUT2D eigenvalue weighted by atomic mass is 79.9. The van der Waals surface area contributed by atoms with Crippen LogP contribution in [0.3, 0.4) is 0 Å². The maximum Gasteiger partial charge on any atom is 0.387 e. The standard InChI is InChI=1S/C17H15BrClF2NO4/c1-24-15-6-10(2-4-14(15)26-17(20)21)8-22-16(23)9-25-13-5-3-11(18)7-12(13)19/h2-7,17H,8-9H2,1H3,(H,22,23). The molecule has 0 atom stereocenters. The van der Waals surface area contributed by atoms with Gasteiger partial charge in [0.05, 0.1) is 12.1 Å². The van der Waals surface area contributed by atoms with Gasteiger partial charge in [0.15, 0.2) is 18.1 Å². The van der Waals surface area contributed by atoms with Crippen LogP contribution in [0.15, 0.2) is 40.9 Å². The lowest BCUT2D eigenvalue weighted by molar-refractivity contribution is -0.123. The van der Waals surface area contributed by atoms with E-state index in [-0.39, 0.29) is 30.6 Å². The van der Waals surface area contributed by atoms with Crippen LogP contribution < -0.4 is 19.5 Å². The third-order valence-electron chi connectivity index (χ3n) is 3.19. The maximum absolute atomic E-state index is 12.3. The van der Waals surface area contributed by atoms with E-state index in [1.807, 2.05) is 0 Å². The summed E-state index contributed by atoms with van der Waals surface area (Å²) in [4.78, 5) is 11.9. The Morgan fingerprint density at radius 1 is 1.19 bits per heavy atom. The first-order chi connectivity index (χ1) is 12.4. The first kappa shape index (κ1) is 20.3. The minimum Gasteiger partial charge on any atom is -0.493 e. The zero-order valence-corrected chi connectivity index (χ0v) is 15.9. The number of benzene rings is 2. The molecule has 0 aliphatic heterocycles. The Morgan fingerprint density at radius 2 is 1.92 bits per heavy atom. The number of halogens is 4. The van der Waals surface area contributed by atoms with E-state index in [1.54, 1.807) is 24.3 Å². The molecule has 2 aromatic carbocycles. The average Bonchev–Trinajstić information content (AvgIpc) is 2.59. The van der Waals surface area contributed by atoms with Crippen LogP contribution in [-0.4, -0.2) is 26.2 Å². The summed E-state index contributed by atoms with van der Waals surface area (Å²) < 4.78 is 40.1. The normalized spacial score (nSPS) is 10.5. The average molecular weight is 451 g/mol. The molecule has 0 heterocycles. The van der Waals surface area contributed by atoms with Gasteiger partial charge in [0, 0.05) is 11.0 Å². The van der Waals surface area contributed by atoms with Crippen LogP contribution in [0, 0.1) is 0 Å². The molecule has 26 heavy (non-hydrogen) atoms. The van der Waals surface area contributed by atoms with Crippen molar-refractivity contribution in [3.63, 3.8) is 0 Å². The van der Waals surface area contributed by atoms with Crippen LogP contribution in [0.5, 0.6) is 17.2 Å². The molecular formula is C17H15BrClF2NO4. The minimum absolute atomic E-state index is 0.0780. The lowest BCUT2D eigenvalue weighted by Gasteiger charge is -2.12. The molecule has 2 aromatic rings. The third-order valence-corrected chi connectivity index (χ3v) is 3.98. The maximum atomic E-state index is 12.3. The molecule has 0 aromatic heterocycles. The number of amides is 1. The summed E-state index contributed by atoms with van der Waals surface area (Å²) in [6.45, 7) is -3.00. The molecule has 0 bridgehead atoms. The van der Waals surface area contributed by atoms with Gasteiger partial charge in [0.2, 0.25) is 0 Å². The van der Waals surface area contributed by atoms with Crippen molar-refractivity contribution in [1.29, 1.82) is 0 Å². The zero-order valence-electron chi connectivity index (χ0n) is 13.6. The third kappa shape index (κ3) is 6.03. The van der Waals surface area contributed by atoms with E-state index in [4.69, 9.17) is 21.1 Å². The molecule has 0 unspecified atom stereocenters. The number of rotatable bonds is 8. The predicted molar refractivity (Wildman–Crippen MR) is 96.1 cm³/mol. The van der Waals surface area contributed by atoms with E-state index >= 15 is 0 Å². The molecule has 9 heteroatoms. The second kappa shape index (κ2) is 9.59. The van der Waals surface area contributed by atoms with Gasteiger partial charge in [-0.2, -0.15) is 8.78 Å². The number of hydrogen-bond donors (Lipinski definition) is 1. The molecule has 0 fully saturated rings. The van der Waals surface area contributed by atoms with Gasteiger partial charge >= 0.3 is 6.61 Å². The van der Waals surface area contributed by atoms with Gasteiger partial charge in [-0.15, -0.1) is 0 Å². The second-order valence-corrected chi connectivity index (χ2v) is 6.33. The molecule has 1 amide bonds. The smallest absolute Gasteiger partial charge is 0.387 e. The number of hydrogen-bond acceptors (Lipinski definition) is 4. The van der Waals surface area contributed by atoms with Crippen LogP contribution in [0.1, 0.15) is 5.56 Å². The first-order valence-electron chi connectivity index (χ1n) is 7.35. The summed E-state index contributed by atoms with van der Waals surface area (Å²) in [7, 11) is 1.34. The summed E-state index contributed by atoms with van der Waals surface area (Å²) in [5.74, 6) is 0.0942. The zero-order chi connectivity index (χ0) is 19.1. The molecule has 2 rings (SSSR count). The molecule has 5 nitrogen and oxygen atoms in total. The lowest BCUT2D eigenvalue weighted by atomic mass is 10.2.